The van der Waals surface area contributed by atoms with Crippen LogP contribution in [0.5, 0.6) is 0 Å². The van der Waals surface area contributed by atoms with Crippen LogP contribution in [-0.4, -0.2) is 5.11 Å². The van der Waals surface area contributed by atoms with Gasteiger partial charge < -0.3 is 5.11 Å². The normalized spacial score (nSPS) is 12.4. The Morgan fingerprint density at radius 3 is 2.63 bits per heavy atom. The lowest BCUT2D eigenvalue weighted by Crippen LogP contribution is -2.04. The number of halogens is 2. The largest absolute Gasteiger partial charge is 0.383 e. The molecule has 1 unspecified atom stereocenters. The Morgan fingerprint density at radius 1 is 1.21 bits per heavy atom. The Morgan fingerprint density at radius 2 is 1.95 bits per heavy atom. The van der Waals surface area contributed by atoms with E-state index in [1.807, 2.05) is 18.2 Å². The Bertz CT molecular complexity index is 548. The van der Waals surface area contributed by atoms with Crippen LogP contribution >= 0.6 is 11.6 Å². The van der Waals surface area contributed by atoms with Gasteiger partial charge in [0, 0.05) is 10.6 Å². The molecule has 19 heavy (non-hydrogen) atoms. The Labute approximate surface area is 117 Å². The lowest BCUT2D eigenvalue weighted by molar-refractivity contribution is 0.215. The smallest absolute Gasteiger partial charge is 0.130 e. The van der Waals surface area contributed by atoms with Crippen molar-refractivity contribution < 1.29 is 9.50 Å². The third-order valence-corrected chi connectivity index (χ3v) is 3.41. The van der Waals surface area contributed by atoms with Crippen molar-refractivity contribution in [3.05, 3.63) is 70.0 Å². The molecule has 0 saturated heterocycles. The fourth-order valence-corrected chi connectivity index (χ4v) is 2.41. The summed E-state index contributed by atoms with van der Waals surface area (Å²) in [6, 6.07) is 12.0. The van der Waals surface area contributed by atoms with Crippen molar-refractivity contribution in [1.29, 1.82) is 0 Å². The molecule has 1 atom stereocenters. The molecule has 1 nitrogen and oxygen atoms in total. The van der Waals surface area contributed by atoms with Crippen LogP contribution in [0.3, 0.4) is 0 Å². The maximum absolute atomic E-state index is 13.8. The molecule has 0 aliphatic carbocycles. The first kappa shape index (κ1) is 14.0. The highest BCUT2D eigenvalue weighted by molar-refractivity contribution is 6.31. The summed E-state index contributed by atoms with van der Waals surface area (Å²) >= 11 is 5.98. The molecule has 2 rings (SSSR count). The molecule has 2 aromatic carbocycles. The van der Waals surface area contributed by atoms with E-state index in [1.54, 1.807) is 12.1 Å². The first-order chi connectivity index (χ1) is 9.13. The van der Waals surface area contributed by atoms with E-state index >= 15 is 0 Å². The van der Waals surface area contributed by atoms with Crippen LogP contribution in [0.15, 0.2) is 42.5 Å². The molecule has 2 aromatic rings. The number of aliphatic hydroxyl groups excluding tert-OH is 1. The topological polar surface area (TPSA) is 20.2 Å². The maximum Gasteiger partial charge on any atom is 0.130 e. The first-order valence-electron chi connectivity index (χ1n) is 6.34. The highest BCUT2D eigenvalue weighted by atomic mass is 35.5. The van der Waals surface area contributed by atoms with E-state index < -0.39 is 11.9 Å². The fraction of sp³-hybridized carbons (Fsp3) is 0.250. The molecule has 0 spiro atoms. The van der Waals surface area contributed by atoms with E-state index in [0.717, 1.165) is 18.4 Å². The average molecular weight is 279 g/mol. The molecular weight excluding hydrogens is 263 g/mol. The van der Waals surface area contributed by atoms with E-state index in [9.17, 15) is 9.50 Å². The fourth-order valence-electron chi connectivity index (χ4n) is 2.15. The summed E-state index contributed by atoms with van der Waals surface area (Å²) in [4.78, 5) is 0. The van der Waals surface area contributed by atoms with Crippen LogP contribution in [0.25, 0.3) is 0 Å². The molecular formula is C16H16ClFO. The summed E-state index contributed by atoms with van der Waals surface area (Å²) in [5, 5.41) is 10.6. The number of benzene rings is 2. The molecule has 0 radical (unpaired) electrons. The van der Waals surface area contributed by atoms with Gasteiger partial charge in [-0.3, -0.25) is 0 Å². The molecule has 3 heteroatoms. The minimum atomic E-state index is -1.04. The Hall–Kier alpha value is -1.38. The molecule has 1 N–H and O–H groups in total. The van der Waals surface area contributed by atoms with Crippen LogP contribution in [0.4, 0.5) is 4.39 Å². The monoisotopic (exact) mass is 278 g/mol. The zero-order valence-electron chi connectivity index (χ0n) is 10.7. The minimum absolute atomic E-state index is 0.137. The molecule has 0 aliphatic rings. The highest BCUT2D eigenvalue weighted by Gasteiger charge is 2.18. The second-order valence-corrected chi connectivity index (χ2v) is 4.94. The Balaban J connectivity index is 2.38. The molecule has 0 aromatic heterocycles. The Kier molecular flexibility index (Phi) is 4.56. The molecule has 0 bridgehead atoms. The SMILES string of the molecule is CCCc1cccc(C(O)c2c(F)cccc2Cl)c1. The second-order valence-electron chi connectivity index (χ2n) is 4.53. The number of aryl methyl sites for hydroxylation is 1. The van der Waals surface area contributed by atoms with Crippen molar-refractivity contribution in [1.82, 2.24) is 0 Å². The number of hydrogen-bond acceptors (Lipinski definition) is 1. The van der Waals surface area contributed by atoms with Gasteiger partial charge in [-0.15, -0.1) is 0 Å². The summed E-state index contributed by atoms with van der Waals surface area (Å²) in [6.07, 6.45) is 0.927. The third kappa shape index (κ3) is 3.14. The zero-order valence-corrected chi connectivity index (χ0v) is 11.5. The molecule has 0 aliphatic heterocycles. The summed E-state index contributed by atoms with van der Waals surface area (Å²) in [6.45, 7) is 2.09. The van der Waals surface area contributed by atoms with Crippen molar-refractivity contribution in [2.24, 2.45) is 0 Å². The van der Waals surface area contributed by atoms with Gasteiger partial charge >= 0.3 is 0 Å². The van der Waals surface area contributed by atoms with Crippen LogP contribution in [0, 0.1) is 5.82 Å². The van der Waals surface area contributed by atoms with Gasteiger partial charge in [-0.2, -0.15) is 0 Å². The van der Waals surface area contributed by atoms with Crippen LogP contribution in [0.1, 0.15) is 36.1 Å². The van der Waals surface area contributed by atoms with Gasteiger partial charge in [0.25, 0.3) is 0 Å². The third-order valence-electron chi connectivity index (χ3n) is 3.08. The van der Waals surface area contributed by atoms with Gasteiger partial charge in [0.15, 0.2) is 0 Å². The average Bonchev–Trinajstić information content (AvgIpc) is 2.39. The van der Waals surface area contributed by atoms with E-state index in [0.29, 0.717) is 5.56 Å². The summed E-state index contributed by atoms with van der Waals surface area (Å²) in [7, 11) is 0. The van der Waals surface area contributed by atoms with Crippen molar-refractivity contribution in [2.45, 2.75) is 25.9 Å². The molecule has 0 amide bonds. The quantitative estimate of drug-likeness (QED) is 0.872. The van der Waals surface area contributed by atoms with Gasteiger partial charge in [0.1, 0.15) is 11.9 Å². The van der Waals surface area contributed by atoms with Crippen molar-refractivity contribution in [3.8, 4) is 0 Å². The first-order valence-corrected chi connectivity index (χ1v) is 6.72. The predicted octanol–water partition coefficient (Wildman–Crippen LogP) is 4.51. The molecule has 0 saturated carbocycles. The maximum atomic E-state index is 13.8. The van der Waals surface area contributed by atoms with Gasteiger partial charge in [-0.25, -0.2) is 4.39 Å². The van der Waals surface area contributed by atoms with E-state index in [-0.39, 0.29) is 10.6 Å². The van der Waals surface area contributed by atoms with E-state index in [4.69, 9.17) is 11.6 Å². The summed E-state index contributed by atoms with van der Waals surface area (Å²) in [5.41, 5.74) is 1.93. The minimum Gasteiger partial charge on any atom is -0.383 e. The molecule has 0 heterocycles. The second kappa shape index (κ2) is 6.18. The summed E-state index contributed by atoms with van der Waals surface area (Å²) < 4.78 is 13.8. The van der Waals surface area contributed by atoms with Gasteiger partial charge in [-0.05, 0) is 29.7 Å². The lowest BCUT2D eigenvalue weighted by Gasteiger charge is -2.15. The highest BCUT2D eigenvalue weighted by Crippen LogP contribution is 2.30. The number of rotatable bonds is 4. The van der Waals surface area contributed by atoms with Crippen molar-refractivity contribution in [3.63, 3.8) is 0 Å². The van der Waals surface area contributed by atoms with Gasteiger partial charge in [-0.1, -0.05) is 55.3 Å². The zero-order chi connectivity index (χ0) is 13.8. The van der Waals surface area contributed by atoms with Crippen molar-refractivity contribution >= 4 is 11.6 Å². The van der Waals surface area contributed by atoms with Crippen molar-refractivity contribution in [2.75, 3.05) is 0 Å². The summed E-state index contributed by atoms with van der Waals surface area (Å²) in [5.74, 6) is -0.485. The molecule has 100 valence electrons. The van der Waals surface area contributed by atoms with Crippen LogP contribution in [0.2, 0.25) is 5.02 Å². The standard InChI is InChI=1S/C16H16ClFO/c1-2-5-11-6-3-7-12(10-11)16(19)15-13(17)8-4-9-14(15)18/h3-4,6-10,16,19H,2,5H2,1H3. The predicted molar refractivity (Wildman–Crippen MR) is 75.9 cm³/mol. The lowest BCUT2D eigenvalue weighted by atomic mass is 9.98. The van der Waals surface area contributed by atoms with Gasteiger partial charge in [0.2, 0.25) is 0 Å². The van der Waals surface area contributed by atoms with Crippen LogP contribution in [-0.2, 0) is 6.42 Å². The molecule has 0 fully saturated rings. The van der Waals surface area contributed by atoms with E-state index in [1.165, 1.54) is 12.1 Å². The number of aliphatic hydroxyl groups is 1. The number of hydrogen-bond donors (Lipinski definition) is 1. The van der Waals surface area contributed by atoms with E-state index in [2.05, 4.69) is 6.92 Å². The van der Waals surface area contributed by atoms with Crippen LogP contribution < -0.4 is 0 Å². The van der Waals surface area contributed by atoms with Gasteiger partial charge in [0.05, 0.1) is 0 Å².